The third-order valence-corrected chi connectivity index (χ3v) is 3.90. The van der Waals surface area contributed by atoms with Gasteiger partial charge in [0.15, 0.2) is 5.82 Å². The molecule has 2 aromatic rings. The van der Waals surface area contributed by atoms with Crippen LogP contribution in [0.4, 0.5) is 0 Å². The maximum absolute atomic E-state index is 12.3. The van der Waals surface area contributed by atoms with E-state index in [1.807, 2.05) is 30.3 Å². The summed E-state index contributed by atoms with van der Waals surface area (Å²) in [6.07, 6.45) is 7.09. The molecule has 0 bridgehead atoms. The Hall–Kier alpha value is -2.50. The van der Waals surface area contributed by atoms with Crippen molar-refractivity contribution in [3.63, 3.8) is 0 Å². The molecule has 0 fully saturated rings. The first-order valence-electron chi connectivity index (χ1n) is 7.44. The number of aromatic nitrogens is 4. The van der Waals surface area contributed by atoms with E-state index in [9.17, 15) is 4.79 Å². The minimum atomic E-state index is -0.174. The summed E-state index contributed by atoms with van der Waals surface area (Å²) in [5, 5.41) is 14.7. The van der Waals surface area contributed by atoms with Crippen LogP contribution in [0.25, 0.3) is 11.4 Å². The zero-order chi connectivity index (χ0) is 15.4. The fourth-order valence-corrected chi connectivity index (χ4v) is 2.70. The van der Waals surface area contributed by atoms with E-state index in [0.717, 1.165) is 24.8 Å². The van der Waals surface area contributed by atoms with E-state index in [2.05, 4.69) is 39.9 Å². The van der Waals surface area contributed by atoms with Crippen molar-refractivity contribution in [1.82, 2.24) is 25.5 Å². The molecule has 1 aromatic heterocycles. The van der Waals surface area contributed by atoms with Gasteiger partial charge in [-0.2, -0.15) is 0 Å². The van der Waals surface area contributed by atoms with Crippen LogP contribution in [-0.2, 0) is 11.3 Å². The van der Waals surface area contributed by atoms with Gasteiger partial charge in [-0.3, -0.25) is 4.79 Å². The molecule has 0 spiro atoms. The summed E-state index contributed by atoms with van der Waals surface area (Å²) >= 11 is 0. The predicted octanol–water partition coefficient (Wildman–Crippen LogP) is 1.96. The monoisotopic (exact) mass is 297 g/mol. The molecule has 1 atom stereocenters. The van der Waals surface area contributed by atoms with E-state index in [-0.39, 0.29) is 18.0 Å². The highest BCUT2D eigenvalue weighted by atomic mass is 16.2. The quantitative estimate of drug-likeness (QED) is 0.876. The second kappa shape index (κ2) is 6.09. The van der Waals surface area contributed by atoms with Gasteiger partial charge in [0, 0.05) is 11.1 Å². The van der Waals surface area contributed by atoms with Crippen LogP contribution >= 0.6 is 0 Å². The number of rotatable bonds is 4. The van der Waals surface area contributed by atoms with Gasteiger partial charge in [-0.25, -0.2) is 4.68 Å². The molecule has 6 nitrogen and oxygen atoms in total. The number of allylic oxidation sites excluding steroid dienone is 1. The maximum atomic E-state index is 12.3. The Morgan fingerprint density at radius 2 is 2.14 bits per heavy atom. The van der Waals surface area contributed by atoms with Crippen molar-refractivity contribution in [1.29, 1.82) is 0 Å². The predicted molar refractivity (Wildman–Crippen MR) is 82.8 cm³/mol. The second-order valence-electron chi connectivity index (χ2n) is 5.85. The number of hydrogen-bond donors (Lipinski definition) is 1. The van der Waals surface area contributed by atoms with Gasteiger partial charge >= 0.3 is 0 Å². The van der Waals surface area contributed by atoms with E-state index in [1.54, 1.807) is 0 Å². The fraction of sp³-hybridized carbons (Fsp3) is 0.375. The zero-order valence-electron chi connectivity index (χ0n) is 12.6. The van der Waals surface area contributed by atoms with Gasteiger partial charge in [0.25, 0.3) is 0 Å². The van der Waals surface area contributed by atoms with Crippen molar-refractivity contribution < 1.29 is 4.79 Å². The summed E-state index contributed by atoms with van der Waals surface area (Å²) in [6, 6.07) is 9.62. The van der Waals surface area contributed by atoms with Crippen LogP contribution in [0.2, 0.25) is 0 Å². The Morgan fingerprint density at radius 1 is 1.32 bits per heavy atom. The molecule has 0 saturated carbocycles. The average molecular weight is 297 g/mol. The summed E-state index contributed by atoms with van der Waals surface area (Å²) < 4.78 is 1.53. The third kappa shape index (κ3) is 3.21. The Bertz CT molecular complexity index is 679. The average Bonchev–Trinajstić information content (AvgIpc) is 2.96. The normalized spacial score (nSPS) is 20.8. The number of nitrogens with zero attached hydrogens (tertiary/aromatic N) is 4. The largest absolute Gasteiger partial charge is 0.349 e. The van der Waals surface area contributed by atoms with Crippen LogP contribution in [0.3, 0.4) is 0 Å². The van der Waals surface area contributed by atoms with Crippen molar-refractivity contribution in [3.05, 3.63) is 42.5 Å². The molecule has 1 N–H and O–H groups in total. The Labute approximate surface area is 129 Å². The van der Waals surface area contributed by atoms with Crippen LogP contribution in [-0.4, -0.2) is 31.7 Å². The molecule has 1 amide bonds. The molecule has 22 heavy (non-hydrogen) atoms. The minimum Gasteiger partial charge on any atom is -0.349 e. The Morgan fingerprint density at radius 3 is 2.86 bits per heavy atom. The van der Waals surface area contributed by atoms with Crippen LogP contribution in [0, 0.1) is 0 Å². The van der Waals surface area contributed by atoms with Crippen molar-refractivity contribution in [2.45, 2.75) is 38.3 Å². The lowest BCUT2D eigenvalue weighted by Gasteiger charge is -2.31. The van der Waals surface area contributed by atoms with E-state index >= 15 is 0 Å². The molecule has 0 radical (unpaired) electrons. The molecular weight excluding hydrogens is 278 g/mol. The van der Waals surface area contributed by atoms with Crippen molar-refractivity contribution in [3.8, 4) is 11.4 Å². The number of carbonyl (C=O) groups excluding carboxylic acids is 1. The van der Waals surface area contributed by atoms with E-state index in [4.69, 9.17) is 0 Å². The lowest BCUT2D eigenvalue weighted by atomic mass is 9.87. The molecule has 1 heterocycles. The minimum absolute atomic E-state index is 0.0673. The summed E-state index contributed by atoms with van der Waals surface area (Å²) in [4.78, 5) is 12.3. The van der Waals surface area contributed by atoms with Crippen molar-refractivity contribution in [2.24, 2.45) is 0 Å². The maximum Gasteiger partial charge on any atom is 0.242 e. The highest BCUT2D eigenvalue weighted by Gasteiger charge is 2.26. The molecule has 0 saturated heterocycles. The van der Waals surface area contributed by atoms with Gasteiger partial charge in [0.1, 0.15) is 6.54 Å². The van der Waals surface area contributed by atoms with Crippen molar-refractivity contribution >= 4 is 5.91 Å². The molecule has 1 unspecified atom stereocenters. The second-order valence-corrected chi connectivity index (χ2v) is 5.85. The van der Waals surface area contributed by atoms with Crippen LogP contribution in [0.5, 0.6) is 0 Å². The first-order valence-corrected chi connectivity index (χ1v) is 7.44. The topological polar surface area (TPSA) is 72.7 Å². The molecule has 114 valence electrons. The first-order chi connectivity index (χ1) is 10.7. The van der Waals surface area contributed by atoms with Crippen molar-refractivity contribution in [2.75, 3.05) is 0 Å². The lowest BCUT2D eigenvalue weighted by Crippen LogP contribution is -2.47. The number of amides is 1. The lowest BCUT2D eigenvalue weighted by molar-refractivity contribution is -0.123. The summed E-state index contributed by atoms with van der Waals surface area (Å²) in [7, 11) is 0. The Balaban J connectivity index is 1.70. The number of carbonyl (C=O) groups is 1. The molecule has 1 aromatic carbocycles. The van der Waals surface area contributed by atoms with Gasteiger partial charge < -0.3 is 5.32 Å². The number of nitrogens with one attached hydrogen (secondary N) is 1. The van der Waals surface area contributed by atoms with Gasteiger partial charge in [-0.1, -0.05) is 42.5 Å². The van der Waals surface area contributed by atoms with E-state index < -0.39 is 0 Å². The Kier molecular flexibility index (Phi) is 4.00. The molecule has 1 aliphatic carbocycles. The number of benzene rings is 1. The standard InChI is InChI=1S/C16H19N5O/c1-16(10-6-3-7-11-16)17-14(22)12-21-15(18-19-20-21)13-8-4-2-5-9-13/h2-6,8-9H,7,10-12H2,1H3,(H,17,22). The van der Waals surface area contributed by atoms with Gasteiger partial charge in [-0.15, -0.1) is 5.10 Å². The van der Waals surface area contributed by atoms with Gasteiger partial charge in [-0.05, 0) is 36.6 Å². The van der Waals surface area contributed by atoms with E-state index in [1.165, 1.54) is 4.68 Å². The third-order valence-electron chi connectivity index (χ3n) is 3.90. The molecule has 6 heteroatoms. The summed E-state index contributed by atoms with van der Waals surface area (Å²) in [6.45, 7) is 2.20. The van der Waals surface area contributed by atoms with E-state index in [0.29, 0.717) is 5.82 Å². The summed E-state index contributed by atoms with van der Waals surface area (Å²) in [5.41, 5.74) is 0.722. The molecule has 0 aliphatic heterocycles. The van der Waals surface area contributed by atoms with Gasteiger partial charge in [0.2, 0.25) is 5.91 Å². The number of tetrazole rings is 1. The summed E-state index contributed by atoms with van der Waals surface area (Å²) in [5.74, 6) is 0.534. The highest BCUT2D eigenvalue weighted by Crippen LogP contribution is 2.22. The highest BCUT2D eigenvalue weighted by molar-refractivity contribution is 5.77. The molecule has 1 aliphatic rings. The number of hydrogen-bond acceptors (Lipinski definition) is 4. The van der Waals surface area contributed by atoms with Crippen LogP contribution in [0.15, 0.2) is 42.5 Å². The smallest absolute Gasteiger partial charge is 0.242 e. The SMILES string of the molecule is CC1(NC(=O)Cn2nnnc2-c2ccccc2)CC=CCC1. The molecular formula is C16H19N5O. The first kappa shape index (κ1) is 14.4. The van der Waals surface area contributed by atoms with Gasteiger partial charge in [0.05, 0.1) is 0 Å². The zero-order valence-corrected chi connectivity index (χ0v) is 12.6. The van der Waals surface area contributed by atoms with Crippen LogP contribution in [0.1, 0.15) is 26.2 Å². The van der Waals surface area contributed by atoms with Crippen LogP contribution < -0.4 is 5.32 Å². The fourth-order valence-electron chi connectivity index (χ4n) is 2.70. The molecule has 3 rings (SSSR count).